The molecule has 0 aromatic rings. The zero-order valence-electron chi connectivity index (χ0n) is 55.6. The van der Waals surface area contributed by atoms with E-state index in [1.807, 2.05) is 0 Å². The van der Waals surface area contributed by atoms with E-state index in [0.29, 0.717) is 25.7 Å². The van der Waals surface area contributed by atoms with Crippen molar-refractivity contribution in [3.05, 3.63) is 0 Å². The number of phosphoric ester groups is 2. The minimum absolute atomic E-state index is 0.105. The van der Waals surface area contributed by atoms with Gasteiger partial charge in [-0.1, -0.05) is 286 Å². The number of ether oxygens (including phenoxy) is 4. The summed E-state index contributed by atoms with van der Waals surface area (Å²) in [7, 11) is -9.89. The summed E-state index contributed by atoms with van der Waals surface area (Å²) >= 11 is 0. The third-order valence-electron chi connectivity index (χ3n) is 16.2. The number of phosphoric acid groups is 2. The van der Waals surface area contributed by atoms with Gasteiger partial charge in [-0.3, -0.25) is 37.3 Å². The van der Waals surface area contributed by atoms with Crippen LogP contribution in [0.15, 0.2) is 0 Å². The molecule has 0 aromatic heterocycles. The fourth-order valence-corrected chi connectivity index (χ4v) is 11.6. The summed E-state index contributed by atoms with van der Waals surface area (Å²) in [5.74, 6) is -0.582. The molecule has 3 N–H and O–H groups in total. The first-order valence-corrected chi connectivity index (χ1v) is 38.1. The molecule has 0 fully saturated rings. The Hall–Kier alpha value is -1.94. The van der Waals surface area contributed by atoms with Crippen molar-refractivity contribution in [3.63, 3.8) is 0 Å². The molecule has 0 aliphatic carbocycles. The van der Waals surface area contributed by atoms with Crippen molar-refractivity contribution in [1.82, 2.24) is 0 Å². The van der Waals surface area contributed by atoms with Gasteiger partial charge in [-0.05, 0) is 37.5 Å². The summed E-state index contributed by atoms with van der Waals surface area (Å²) in [5, 5.41) is 10.6. The van der Waals surface area contributed by atoms with Crippen LogP contribution in [0.5, 0.6) is 0 Å². The van der Waals surface area contributed by atoms with Gasteiger partial charge >= 0.3 is 39.5 Å². The highest BCUT2D eigenvalue weighted by Crippen LogP contribution is 2.45. The predicted octanol–water partition coefficient (Wildman–Crippen LogP) is 18.8. The first-order valence-electron chi connectivity index (χ1n) is 35.1. The van der Waals surface area contributed by atoms with Gasteiger partial charge in [0.05, 0.1) is 26.4 Å². The van der Waals surface area contributed by atoms with E-state index in [0.717, 1.165) is 102 Å². The molecular weight excluding hydrogens is 1140 g/mol. The lowest BCUT2D eigenvalue weighted by atomic mass is 9.99. The number of carbonyl (C=O) groups is 4. The Morgan fingerprint density at radius 2 is 0.558 bits per heavy atom. The Kier molecular flexibility index (Phi) is 58.0. The van der Waals surface area contributed by atoms with Crippen molar-refractivity contribution in [2.24, 2.45) is 11.8 Å². The highest BCUT2D eigenvalue weighted by molar-refractivity contribution is 7.47. The maximum atomic E-state index is 13.0. The fraction of sp³-hybridized carbons (Fsp3) is 0.940. The molecule has 0 rings (SSSR count). The quantitative estimate of drug-likeness (QED) is 0.0222. The molecule has 0 radical (unpaired) electrons. The van der Waals surface area contributed by atoms with E-state index in [4.69, 9.17) is 37.0 Å². The van der Waals surface area contributed by atoms with Gasteiger partial charge in [-0.15, -0.1) is 0 Å². The number of aliphatic hydroxyl groups is 1. The summed E-state index contributed by atoms with van der Waals surface area (Å²) < 4.78 is 68.1. The average molecular weight is 1270 g/mol. The molecule has 0 aliphatic rings. The fourth-order valence-electron chi connectivity index (χ4n) is 10.00. The van der Waals surface area contributed by atoms with Gasteiger partial charge in [0.2, 0.25) is 0 Å². The monoisotopic (exact) mass is 1270 g/mol. The summed E-state index contributed by atoms with van der Waals surface area (Å²) in [6.07, 6.45) is 42.8. The topological polar surface area (TPSA) is 237 Å². The lowest BCUT2D eigenvalue weighted by Crippen LogP contribution is -2.30. The third kappa shape index (κ3) is 58.4. The smallest absolute Gasteiger partial charge is 0.462 e. The van der Waals surface area contributed by atoms with Crippen molar-refractivity contribution in [2.45, 2.75) is 355 Å². The van der Waals surface area contributed by atoms with E-state index in [9.17, 15) is 43.2 Å². The number of unbranched alkanes of at least 4 members (excludes halogenated alkanes) is 34. The standard InChI is InChI=1S/C67H130O17P2/c1-7-11-13-15-17-19-20-21-22-24-33-39-45-51-66(71)83-62(56-78-65(70)50-44-38-32-27-25-29-35-41-47-59(5)9-3)57-81-85(73,74)79-53-61(68)54-80-86(75,76)82-58-63(55-77-64(69)49-43-37-31-23-18-16-14-12-8-2)84-67(72)52-46-40-34-28-26-30-36-42-48-60(6)10-4/h59-63,68H,7-58H2,1-6H3,(H,73,74)(H,75,76)/t59?,60?,61-,62-,63-/m1/s1. The van der Waals surface area contributed by atoms with Crippen LogP contribution in [-0.4, -0.2) is 96.7 Å². The van der Waals surface area contributed by atoms with E-state index in [1.165, 1.54) is 154 Å². The Bertz CT molecular complexity index is 1690. The summed E-state index contributed by atoms with van der Waals surface area (Å²) in [6.45, 7) is 9.51. The van der Waals surface area contributed by atoms with E-state index in [-0.39, 0.29) is 25.7 Å². The first-order chi connectivity index (χ1) is 41.4. The molecule has 0 aromatic carbocycles. The number of aliphatic hydroxyl groups excluding tert-OH is 1. The molecule has 0 spiro atoms. The van der Waals surface area contributed by atoms with Crippen molar-refractivity contribution in [2.75, 3.05) is 39.6 Å². The van der Waals surface area contributed by atoms with Gasteiger partial charge < -0.3 is 33.8 Å². The molecule has 0 heterocycles. The maximum Gasteiger partial charge on any atom is 0.472 e. The van der Waals surface area contributed by atoms with E-state index in [2.05, 4.69) is 41.5 Å². The number of esters is 4. The zero-order chi connectivity index (χ0) is 63.6. The molecule has 510 valence electrons. The van der Waals surface area contributed by atoms with Gasteiger partial charge in [0.15, 0.2) is 12.2 Å². The molecule has 19 heteroatoms. The molecule has 86 heavy (non-hydrogen) atoms. The van der Waals surface area contributed by atoms with Crippen molar-refractivity contribution in [1.29, 1.82) is 0 Å². The van der Waals surface area contributed by atoms with Crippen LogP contribution in [0.2, 0.25) is 0 Å². The van der Waals surface area contributed by atoms with Gasteiger partial charge in [-0.25, -0.2) is 9.13 Å². The molecule has 0 saturated carbocycles. The minimum Gasteiger partial charge on any atom is -0.462 e. The number of hydrogen-bond acceptors (Lipinski definition) is 15. The van der Waals surface area contributed by atoms with Crippen LogP contribution >= 0.6 is 15.6 Å². The molecule has 17 nitrogen and oxygen atoms in total. The van der Waals surface area contributed by atoms with Crippen LogP contribution < -0.4 is 0 Å². The highest BCUT2D eigenvalue weighted by Gasteiger charge is 2.30. The van der Waals surface area contributed by atoms with E-state index >= 15 is 0 Å². The third-order valence-corrected chi connectivity index (χ3v) is 18.1. The van der Waals surface area contributed by atoms with Gasteiger partial charge in [0.25, 0.3) is 0 Å². The predicted molar refractivity (Wildman–Crippen MR) is 345 cm³/mol. The Balaban J connectivity index is 5.26. The highest BCUT2D eigenvalue weighted by atomic mass is 31.2. The van der Waals surface area contributed by atoms with Crippen LogP contribution in [0, 0.1) is 11.8 Å². The molecule has 0 bridgehead atoms. The number of rotatable bonds is 66. The Morgan fingerprint density at radius 1 is 0.326 bits per heavy atom. The van der Waals surface area contributed by atoms with Crippen LogP contribution in [0.25, 0.3) is 0 Å². The maximum absolute atomic E-state index is 13.0. The number of carbonyl (C=O) groups excluding carboxylic acids is 4. The Morgan fingerprint density at radius 3 is 0.826 bits per heavy atom. The molecule has 7 atom stereocenters. The molecule has 0 saturated heterocycles. The normalized spacial score (nSPS) is 14.8. The van der Waals surface area contributed by atoms with Gasteiger partial charge in [0, 0.05) is 25.7 Å². The zero-order valence-corrected chi connectivity index (χ0v) is 57.4. The summed E-state index contributed by atoms with van der Waals surface area (Å²) in [6, 6.07) is 0. The largest absolute Gasteiger partial charge is 0.472 e. The van der Waals surface area contributed by atoms with E-state index in [1.54, 1.807) is 0 Å². The number of hydrogen-bond donors (Lipinski definition) is 3. The van der Waals surface area contributed by atoms with Crippen molar-refractivity contribution < 1.29 is 80.2 Å². The molecular formula is C67H130O17P2. The van der Waals surface area contributed by atoms with Gasteiger partial charge in [0.1, 0.15) is 19.3 Å². The average Bonchev–Trinajstić information content (AvgIpc) is 3.67. The van der Waals surface area contributed by atoms with E-state index < -0.39 is 97.5 Å². The summed E-state index contributed by atoms with van der Waals surface area (Å²) in [4.78, 5) is 72.4. The van der Waals surface area contributed by atoms with Crippen LogP contribution in [0.4, 0.5) is 0 Å². The molecule has 0 amide bonds. The molecule has 0 aliphatic heterocycles. The SMILES string of the molecule is CCCCCCCCCCCCCCCC(=O)O[C@H](COC(=O)CCCCCCCCCCC(C)CC)COP(=O)(O)OC[C@@H](O)COP(=O)(O)OC[C@@H](COC(=O)CCCCCCCCCCC)OC(=O)CCCCCCCCCCC(C)CC. The van der Waals surface area contributed by atoms with Crippen LogP contribution in [0.3, 0.4) is 0 Å². The van der Waals surface area contributed by atoms with Crippen molar-refractivity contribution in [3.8, 4) is 0 Å². The van der Waals surface area contributed by atoms with Gasteiger partial charge in [-0.2, -0.15) is 0 Å². The Labute approximate surface area is 524 Å². The van der Waals surface area contributed by atoms with Crippen molar-refractivity contribution >= 4 is 39.5 Å². The lowest BCUT2D eigenvalue weighted by Gasteiger charge is -2.21. The second kappa shape index (κ2) is 59.4. The second-order valence-electron chi connectivity index (χ2n) is 24.7. The van der Waals surface area contributed by atoms with Crippen LogP contribution in [-0.2, 0) is 65.4 Å². The first kappa shape index (κ1) is 84.1. The van der Waals surface area contributed by atoms with Crippen LogP contribution in [0.1, 0.15) is 337 Å². The molecule has 4 unspecified atom stereocenters. The minimum atomic E-state index is -4.95. The second-order valence-corrected chi connectivity index (χ2v) is 27.6. The lowest BCUT2D eigenvalue weighted by molar-refractivity contribution is -0.161. The summed E-state index contributed by atoms with van der Waals surface area (Å²) in [5.41, 5.74) is 0.